The lowest BCUT2D eigenvalue weighted by Gasteiger charge is -2.15. The first kappa shape index (κ1) is 23.7. The van der Waals surface area contributed by atoms with Gasteiger partial charge in [-0.2, -0.15) is 0 Å². The highest BCUT2D eigenvalue weighted by atomic mass is 35.5. The molecule has 3 N–H and O–H groups in total. The van der Waals surface area contributed by atoms with E-state index in [1.807, 2.05) is 11.0 Å². The van der Waals surface area contributed by atoms with Crippen LogP contribution in [0.4, 0.5) is 17.3 Å². The number of nitrogens with zero attached hydrogens (tertiary/aromatic N) is 3. The molecule has 1 aromatic heterocycles. The summed E-state index contributed by atoms with van der Waals surface area (Å²) in [5.74, 6) is 0.252. The molecule has 10 heteroatoms. The number of hydrogen-bond acceptors (Lipinski definition) is 6. The Hall–Kier alpha value is -3.98. The molecule has 3 amide bonds. The molecule has 0 spiro atoms. The van der Waals surface area contributed by atoms with E-state index in [-0.39, 0.29) is 24.1 Å². The second-order valence-corrected chi connectivity index (χ2v) is 9.21. The number of nitrogens with one attached hydrogen (secondary N) is 3. The van der Waals surface area contributed by atoms with Gasteiger partial charge in [0.05, 0.1) is 17.8 Å². The molecule has 2 aromatic carbocycles. The predicted molar refractivity (Wildman–Crippen MR) is 137 cm³/mol. The average molecular weight is 505 g/mol. The highest BCUT2D eigenvalue weighted by molar-refractivity contribution is 6.31. The minimum absolute atomic E-state index is 0.153. The fraction of sp³-hybridized carbons (Fsp3) is 0.269. The minimum Gasteiger partial charge on any atom is -0.352 e. The number of amides is 3. The Bertz CT molecular complexity index is 1330. The number of carbonyl (C=O) groups is 3. The van der Waals surface area contributed by atoms with Gasteiger partial charge in [0, 0.05) is 59.7 Å². The highest BCUT2D eigenvalue weighted by Gasteiger charge is 2.22. The van der Waals surface area contributed by atoms with Gasteiger partial charge in [0.1, 0.15) is 0 Å². The lowest BCUT2D eigenvalue weighted by molar-refractivity contribution is -0.127. The van der Waals surface area contributed by atoms with Crippen LogP contribution in [0.3, 0.4) is 0 Å². The zero-order valence-electron chi connectivity index (χ0n) is 19.5. The van der Waals surface area contributed by atoms with Crippen molar-refractivity contribution in [3.05, 3.63) is 64.8 Å². The van der Waals surface area contributed by atoms with E-state index in [0.29, 0.717) is 47.4 Å². The van der Waals surface area contributed by atoms with Crippen LogP contribution in [0.2, 0.25) is 5.02 Å². The third-order valence-electron chi connectivity index (χ3n) is 6.19. The lowest BCUT2D eigenvalue weighted by atomic mass is 10.1. The maximum Gasteiger partial charge on any atom is 0.251 e. The van der Waals surface area contributed by atoms with Crippen molar-refractivity contribution in [2.75, 3.05) is 30.3 Å². The molecule has 3 aromatic rings. The molecule has 0 radical (unpaired) electrons. The minimum atomic E-state index is -0.164. The second kappa shape index (κ2) is 10.3. The van der Waals surface area contributed by atoms with Crippen LogP contribution in [-0.4, -0.2) is 52.2 Å². The van der Waals surface area contributed by atoms with Crippen LogP contribution >= 0.6 is 11.6 Å². The number of halogens is 1. The Morgan fingerprint density at radius 2 is 1.97 bits per heavy atom. The van der Waals surface area contributed by atoms with Gasteiger partial charge in [-0.25, -0.2) is 9.97 Å². The number of anilines is 3. The van der Waals surface area contributed by atoms with Crippen LogP contribution < -0.4 is 16.0 Å². The summed E-state index contributed by atoms with van der Waals surface area (Å²) in [6, 6.07) is 12.3. The molecule has 5 rings (SSSR count). The third kappa shape index (κ3) is 5.31. The molecule has 3 heterocycles. The van der Waals surface area contributed by atoms with Crippen molar-refractivity contribution in [1.29, 1.82) is 0 Å². The van der Waals surface area contributed by atoms with Crippen LogP contribution in [-0.2, 0) is 16.0 Å². The van der Waals surface area contributed by atoms with Crippen molar-refractivity contribution in [2.24, 2.45) is 0 Å². The first-order valence-corrected chi connectivity index (χ1v) is 12.2. The Kier molecular flexibility index (Phi) is 6.81. The average Bonchev–Trinajstić information content (AvgIpc) is 3.21. The first-order valence-electron chi connectivity index (χ1n) is 11.8. The van der Waals surface area contributed by atoms with Crippen LogP contribution in [0, 0.1) is 0 Å². The van der Waals surface area contributed by atoms with Crippen molar-refractivity contribution < 1.29 is 14.4 Å². The molecule has 0 aliphatic carbocycles. The van der Waals surface area contributed by atoms with E-state index in [0.717, 1.165) is 36.2 Å². The normalized spacial score (nSPS) is 14.5. The zero-order valence-corrected chi connectivity index (χ0v) is 20.3. The molecule has 2 aliphatic rings. The van der Waals surface area contributed by atoms with Crippen LogP contribution in [0.1, 0.15) is 35.2 Å². The van der Waals surface area contributed by atoms with Crippen molar-refractivity contribution in [1.82, 2.24) is 20.2 Å². The van der Waals surface area contributed by atoms with Crippen molar-refractivity contribution in [3.8, 4) is 11.3 Å². The van der Waals surface area contributed by atoms with Crippen molar-refractivity contribution >= 4 is 46.6 Å². The Morgan fingerprint density at radius 3 is 2.75 bits per heavy atom. The van der Waals surface area contributed by atoms with Gasteiger partial charge in [-0.3, -0.25) is 14.4 Å². The summed E-state index contributed by atoms with van der Waals surface area (Å²) in [4.78, 5) is 47.2. The number of likely N-dealkylation sites (tertiary alicyclic amines) is 1. The quantitative estimate of drug-likeness (QED) is 0.422. The molecule has 36 heavy (non-hydrogen) atoms. The topological polar surface area (TPSA) is 116 Å². The summed E-state index contributed by atoms with van der Waals surface area (Å²) in [5, 5.41) is 9.45. The number of fused-ring (bicyclic) bond motifs is 3. The summed E-state index contributed by atoms with van der Waals surface area (Å²) in [6.07, 6.45) is 4.08. The number of hydrogen-bond donors (Lipinski definition) is 3. The molecule has 0 bridgehead atoms. The summed E-state index contributed by atoms with van der Waals surface area (Å²) in [6.45, 7) is 1.99. The maximum atomic E-state index is 12.5. The Balaban J connectivity index is 1.22. The molecule has 1 fully saturated rings. The Morgan fingerprint density at radius 1 is 1.14 bits per heavy atom. The molecule has 1 saturated heterocycles. The van der Waals surface area contributed by atoms with Gasteiger partial charge >= 0.3 is 0 Å². The van der Waals surface area contributed by atoms with E-state index < -0.39 is 0 Å². The molecule has 0 saturated carbocycles. The summed E-state index contributed by atoms with van der Waals surface area (Å²) in [7, 11) is 0. The standard InChI is InChI=1S/C26H25ClN6O3/c27-18-6-9-20-21(14-18)31-22(34)13-17-15-29-26(32-24(17)20)30-19-7-4-16(5-8-19)25(36)28-10-2-12-33-11-1-3-23(33)35/h4-9,14-15H,1-3,10-13H2,(H,28,36)(H,31,34)(H,29,30,32). The van der Waals surface area contributed by atoms with E-state index in [2.05, 4.69) is 25.9 Å². The van der Waals surface area contributed by atoms with Crippen molar-refractivity contribution in [3.63, 3.8) is 0 Å². The maximum absolute atomic E-state index is 12.5. The molecular formula is C26H25ClN6O3. The van der Waals surface area contributed by atoms with Crippen LogP contribution in [0.15, 0.2) is 48.7 Å². The molecule has 0 atom stereocenters. The van der Waals surface area contributed by atoms with E-state index in [4.69, 9.17) is 11.6 Å². The molecule has 0 unspecified atom stereocenters. The zero-order chi connectivity index (χ0) is 25.1. The fourth-order valence-corrected chi connectivity index (χ4v) is 4.54. The van der Waals surface area contributed by atoms with E-state index in [1.165, 1.54) is 0 Å². The third-order valence-corrected chi connectivity index (χ3v) is 6.43. The number of benzene rings is 2. The van der Waals surface area contributed by atoms with Gasteiger partial charge in [-0.1, -0.05) is 11.6 Å². The second-order valence-electron chi connectivity index (χ2n) is 8.78. The van der Waals surface area contributed by atoms with Gasteiger partial charge in [0.15, 0.2) is 0 Å². The van der Waals surface area contributed by atoms with Gasteiger partial charge in [0.2, 0.25) is 17.8 Å². The lowest BCUT2D eigenvalue weighted by Crippen LogP contribution is -2.30. The van der Waals surface area contributed by atoms with Gasteiger partial charge in [-0.15, -0.1) is 0 Å². The van der Waals surface area contributed by atoms with E-state index in [9.17, 15) is 14.4 Å². The fourth-order valence-electron chi connectivity index (χ4n) is 4.37. The first-order chi connectivity index (χ1) is 17.5. The summed E-state index contributed by atoms with van der Waals surface area (Å²) in [5.41, 5.74) is 4.02. The number of rotatable bonds is 7. The van der Waals surface area contributed by atoms with Crippen molar-refractivity contribution in [2.45, 2.75) is 25.7 Å². The van der Waals surface area contributed by atoms with Crippen LogP contribution in [0.25, 0.3) is 11.3 Å². The van der Waals surface area contributed by atoms with E-state index in [1.54, 1.807) is 42.6 Å². The highest BCUT2D eigenvalue weighted by Crippen LogP contribution is 2.34. The monoisotopic (exact) mass is 504 g/mol. The SMILES string of the molecule is O=C1Cc2cnc(Nc3ccc(C(=O)NCCCN4CCCC4=O)cc3)nc2-c2ccc(Cl)cc2N1. The van der Waals surface area contributed by atoms with Gasteiger partial charge in [0.25, 0.3) is 5.91 Å². The number of carbonyl (C=O) groups excluding carboxylic acids is 3. The Labute approximate surface area is 213 Å². The molecule has 9 nitrogen and oxygen atoms in total. The van der Waals surface area contributed by atoms with E-state index >= 15 is 0 Å². The summed E-state index contributed by atoms with van der Waals surface area (Å²) < 4.78 is 0. The van der Waals surface area contributed by atoms with Gasteiger partial charge in [-0.05, 0) is 55.3 Å². The number of aromatic nitrogens is 2. The molecular weight excluding hydrogens is 480 g/mol. The predicted octanol–water partition coefficient (Wildman–Crippen LogP) is 3.78. The van der Waals surface area contributed by atoms with Gasteiger partial charge < -0.3 is 20.9 Å². The molecule has 2 aliphatic heterocycles. The van der Waals surface area contributed by atoms with Crippen LogP contribution in [0.5, 0.6) is 0 Å². The molecule has 184 valence electrons. The summed E-state index contributed by atoms with van der Waals surface area (Å²) >= 11 is 6.11. The largest absolute Gasteiger partial charge is 0.352 e. The smallest absolute Gasteiger partial charge is 0.251 e.